The molecular weight excluding hydrogens is 314 g/mol. The van der Waals surface area contributed by atoms with E-state index in [4.69, 9.17) is 5.26 Å². The molecule has 3 aromatic rings. The van der Waals surface area contributed by atoms with Gasteiger partial charge in [0.2, 0.25) is 5.95 Å². The zero-order valence-electron chi connectivity index (χ0n) is 13.5. The average molecular weight is 329 g/mol. The maximum Gasteiger partial charge on any atom is 0.274 e. The Morgan fingerprint density at radius 1 is 1.04 bits per heavy atom. The van der Waals surface area contributed by atoms with Gasteiger partial charge >= 0.3 is 0 Å². The highest BCUT2D eigenvalue weighted by Gasteiger charge is 2.11. The van der Waals surface area contributed by atoms with E-state index in [2.05, 4.69) is 20.6 Å². The average Bonchev–Trinajstić information content (AvgIpc) is 2.64. The number of aromatic nitrogens is 2. The van der Waals surface area contributed by atoms with E-state index >= 15 is 0 Å². The van der Waals surface area contributed by atoms with Gasteiger partial charge in [-0.05, 0) is 36.8 Å². The molecule has 0 aliphatic carbocycles. The fraction of sp³-hybridized carbons (Fsp3) is 0.0526. The smallest absolute Gasteiger partial charge is 0.274 e. The molecule has 3 rings (SSSR count). The first-order valence-corrected chi connectivity index (χ1v) is 7.63. The third kappa shape index (κ3) is 3.79. The fourth-order valence-corrected chi connectivity index (χ4v) is 2.25. The number of rotatable bonds is 4. The highest BCUT2D eigenvalue weighted by atomic mass is 16.1. The van der Waals surface area contributed by atoms with Crippen molar-refractivity contribution in [3.8, 4) is 6.07 Å². The van der Waals surface area contributed by atoms with Crippen LogP contribution in [-0.2, 0) is 0 Å². The molecule has 0 atom stereocenters. The zero-order valence-corrected chi connectivity index (χ0v) is 13.5. The normalized spacial score (nSPS) is 9.92. The molecule has 1 amide bonds. The first-order valence-electron chi connectivity index (χ1n) is 7.63. The largest absolute Gasteiger partial charge is 0.324 e. The van der Waals surface area contributed by atoms with Gasteiger partial charge in [0.25, 0.3) is 5.91 Å². The van der Waals surface area contributed by atoms with Gasteiger partial charge in [0.1, 0.15) is 11.8 Å². The number of nitrogens with one attached hydrogen (secondary N) is 2. The van der Waals surface area contributed by atoms with E-state index in [1.807, 2.05) is 37.3 Å². The van der Waals surface area contributed by atoms with Gasteiger partial charge < -0.3 is 10.6 Å². The standard InChI is InChI=1S/C19H15N5O/c1-13-6-2-4-8-15(13)23-19-21-11-10-17(24-19)18(25)22-16-9-5-3-7-14(16)12-20/h2-11H,1H3,(H,22,25)(H,21,23,24). The number of aryl methyl sites for hydroxylation is 1. The van der Waals surface area contributed by atoms with Crippen molar-refractivity contribution in [3.63, 3.8) is 0 Å². The van der Waals surface area contributed by atoms with Crippen molar-refractivity contribution in [1.82, 2.24) is 9.97 Å². The first kappa shape index (κ1) is 16.1. The van der Waals surface area contributed by atoms with E-state index in [0.29, 0.717) is 17.2 Å². The number of amides is 1. The van der Waals surface area contributed by atoms with Crippen molar-refractivity contribution >= 4 is 23.2 Å². The second-order valence-electron chi connectivity index (χ2n) is 5.32. The zero-order chi connectivity index (χ0) is 17.6. The van der Waals surface area contributed by atoms with Gasteiger partial charge in [-0.1, -0.05) is 30.3 Å². The first-order chi connectivity index (χ1) is 12.2. The van der Waals surface area contributed by atoms with E-state index in [9.17, 15) is 4.79 Å². The lowest BCUT2D eigenvalue weighted by atomic mass is 10.2. The van der Waals surface area contributed by atoms with Crippen molar-refractivity contribution in [2.45, 2.75) is 6.92 Å². The topological polar surface area (TPSA) is 90.7 Å². The number of benzene rings is 2. The van der Waals surface area contributed by atoms with E-state index in [-0.39, 0.29) is 5.69 Å². The Labute approximate surface area is 145 Å². The summed E-state index contributed by atoms with van der Waals surface area (Å²) in [5, 5.41) is 14.9. The minimum Gasteiger partial charge on any atom is -0.324 e. The van der Waals surface area contributed by atoms with Crippen LogP contribution in [0, 0.1) is 18.3 Å². The molecule has 2 N–H and O–H groups in total. The van der Waals surface area contributed by atoms with Crippen LogP contribution < -0.4 is 10.6 Å². The van der Waals surface area contributed by atoms with Crippen LogP contribution in [0.25, 0.3) is 0 Å². The molecule has 1 aromatic heterocycles. The van der Waals surface area contributed by atoms with Crippen LogP contribution in [0.5, 0.6) is 0 Å². The minimum atomic E-state index is -0.405. The van der Waals surface area contributed by atoms with Crippen LogP contribution in [-0.4, -0.2) is 15.9 Å². The monoisotopic (exact) mass is 329 g/mol. The second-order valence-corrected chi connectivity index (χ2v) is 5.32. The maximum absolute atomic E-state index is 12.4. The molecule has 0 bridgehead atoms. The quantitative estimate of drug-likeness (QED) is 0.762. The minimum absolute atomic E-state index is 0.207. The van der Waals surface area contributed by atoms with Crippen molar-refractivity contribution in [2.75, 3.05) is 10.6 Å². The molecule has 0 saturated carbocycles. The van der Waals surface area contributed by atoms with Crippen molar-refractivity contribution in [1.29, 1.82) is 5.26 Å². The Hall–Kier alpha value is -3.72. The predicted molar refractivity (Wildman–Crippen MR) is 95.6 cm³/mol. The molecule has 0 aliphatic heterocycles. The van der Waals surface area contributed by atoms with Gasteiger partial charge in [-0.15, -0.1) is 0 Å². The highest BCUT2D eigenvalue weighted by Crippen LogP contribution is 2.18. The lowest BCUT2D eigenvalue weighted by Crippen LogP contribution is -2.15. The summed E-state index contributed by atoms with van der Waals surface area (Å²) in [4.78, 5) is 20.8. The van der Waals surface area contributed by atoms with Crippen molar-refractivity contribution in [2.24, 2.45) is 0 Å². The summed E-state index contributed by atoms with van der Waals surface area (Å²) >= 11 is 0. The molecule has 1 heterocycles. The third-order valence-corrected chi connectivity index (χ3v) is 3.58. The number of nitrogens with zero attached hydrogens (tertiary/aromatic N) is 3. The second kappa shape index (κ2) is 7.23. The SMILES string of the molecule is Cc1ccccc1Nc1nccc(C(=O)Nc2ccccc2C#N)n1. The Balaban J connectivity index is 1.80. The summed E-state index contributed by atoms with van der Waals surface area (Å²) in [5.41, 5.74) is 2.96. The number of carbonyl (C=O) groups excluding carboxylic acids is 1. The van der Waals surface area contributed by atoms with E-state index < -0.39 is 5.91 Å². The van der Waals surface area contributed by atoms with Crippen LogP contribution in [0.2, 0.25) is 0 Å². The number of carbonyl (C=O) groups is 1. The highest BCUT2D eigenvalue weighted by molar-refractivity contribution is 6.03. The molecule has 0 fully saturated rings. The number of para-hydroxylation sites is 2. The molecule has 0 radical (unpaired) electrons. The lowest BCUT2D eigenvalue weighted by molar-refractivity contribution is 0.102. The summed E-state index contributed by atoms with van der Waals surface area (Å²) in [6.07, 6.45) is 1.51. The van der Waals surface area contributed by atoms with Crippen LogP contribution in [0.1, 0.15) is 21.6 Å². The molecule has 2 aromatic carbocycles. The number of nitriles is 1. The molecule has 0 saturated heterocycles. The predicted octanol–water partition coefficient (Wildman–Crippen LogP) is 3.65. The van der Waals surface area contributed by atoms with Gasteiger partial charge in [-0.25, -0.2) is 9.97 Å². The molecule has 0 aliphatic rings. The van der Waals surface area contributed by atoms with Crippen LogP contribution >= 0.6 is 0 Å². The Bertz CT molecular complexity index is 962. The molecular formula is C19H15N5O. The Kier molecular flexibility index (Phi) is 4.67. The van der Waals surface area contributed by atoms with Gasteiger partial charge in [-0.3, -0.25) is 4.79 Å². The van der Waals surface area contributed by atoms with Crippen LogP contribution in [0.4, 0.5) is 17.3 Å². The summed E-state index contributed by atoms with van der Waals surface area (Å²) in [6.45, 7) is 1.97. The van der Waals surface area contributed by atoms with Crippen LogP contribution in [0.15, 0.2) is 60.8 Å². The van der Waals surface area contributed by atoms with Gasteiger partial charge in [0.05, 0.1) is 11.3 Å². The van der Waals surface area contributed by atoms with E-state index in [1.54, 1.807) is 24.3 Å². The number of hydrogen-bond donors (Lipinski definition) is 2. The summed E-state index contributed by atoms with van der Waals surface area (Å²) < 4.78 is 0. The lowest BCUT2D eigenvalue weighted by Gasteiger charge is -2.09. The van der Waals surface area contributed by atoms with E-state index in [1.165, 1.54) is 12.3 Å². The molecule has 122 valence electrons. The van der Waals surface area contributed by atoms with Crippen molar-refractivity contribution < 1.29 is 4.79 Å². The van der Waals surface area contributed by atoms with E-state index in [0.717, 1.165) is 11.3 Å². The van der Waals surface area contributed by atoms with Gasteiger partial charge in [0, 0.05) is 11.9 Å². The number of anilines is 3. The fourth-order valence-electron chi connectivity index (χ4n) is 2.25. The summed E-state index contributed by atoms with van der Waals surface area (Å²) in [7, 11) is 0. The Morgan fingerprint density at radius 2 is 1.76 bits per heavy atom. The molecule has 25 heavy (non-hydrogen) atoms. The number of hydrogen-bond acceptors (Lipinski definition) is 5. The third-order valence-electron chi connectivity index (χ3n) is 3.58. The molecule has 0 spiro atoms. The molecule has 6 heteroatoms. The molecule has 0 unspecified atom stereocenters. The Morgan fingerprint density at radius 3 is 2.52 bits per heavy atom. The van der Waals surface area contributed by atoms with Crippen molar-refractivity contribution in [3.05, 3.63) is 77.6 Å². The van der Waals surface area contributed by atoms with Crippen LogP contribution in [0.3, 0.4) is 0 Å². The molecule has 6 nitrogen and oxygen atoms in total. The summed E-state index contributed by atoms with van der Waals surface area (Å²) in [5.74, 6) is -0.0755. The van der Waals surface area contributed by atoms with Gasteiger partial charge in [0.15, 0.2) is 0 Å². The maximum atomic E-state index is 12.4. The van der Waals surface area contributed by atoms with Gasteiger partial charge in [-0.2, -0.15) is 5.26 Å². The summed E-state index contributed by atoms with van der Waals surface area (Å²) in [6, 6.07) is 18.1.